The Labute approximate surface area is 81.6 Å². The number of carboxylic acid groups (broad SMARTS) is 1. The van der Waals surface area contributed by atoms with Gasteiger partial charge in [0, 0.05) is 5.92 Å². The van der Waals surface area contributed by atoms with E-state index in [1.807, 2.05) is 36.4 Å². The van der Waals surface area contributed by atoms with Crippen molar-refractivity contribution in [3.05, 3.63) is 35.9 Å². The van der Waals surface area contributed by atoms with E-state index in [0.717, 1.165) is 5.56 Å². The van der Waals surface area contributed by atoms with Crippen LogP contribution in [0.5, 0.6) is 0 Å². The summed E-state index contributed by atoms with van der Waals surface area (Å²) in [7, 11) is 0. The average molecular weight is 187 g/mol. The van der Waals surface area contributed by atoms with Crippen molar-refractivity contribution in [2.45, 2.75) is 12.3 Å². The van der Waals surface area contributed by atoms with E-state index >= 15 is 0 Å². The van der Waals surface area contributed by atoms with E-state index < -0.39 is 11.4 Å². The highest BCUT2D eigenvalue weighted by Crippen LogP contribution is 2.58. The topological polar surface area (TPSA) is 61.1 Å². The van der Waals surface area contributed by atoms with Gasteiger partial charge in [-0.05, 0) is 12.0 Å². The largest absolute Gasteiger partial charge is 0.480 e. The maximum absolute atomic E-state index is 10.9. The minimum atomic E-state index is -1.17. The van der Waals surface area contributed by atoms with Crippen molar-refractivity contribution in [1.29, 1.82) is 5.26 Å². The zero-order valence-electron chi connectivity index (χ0n) is 7.47. The highest BCUT2D eigenvalue weighted by atomic mass is 16.4. The molecule has 2 rings (SSSR count). The molecule has 1 aromatic rings. The van der Waals surface area contributed by atoms with Gasteiger partial charge in [-0.25, -0.2) is 0 Å². The number of carboxylic acids is 1. The van der Waals surface area contributed by atoms with Gasteiger partial charge >= 0.3 is 5.97 Å². The first-order valence-electron chi connectivity index (χ1n) is 4.40. The number of rotatable bonds is 2. The van der Waals surface area contributed by atoms with E-state index in [1.54, 1.807) is 0 Å². The Morgan fingerprint density at radius 2 is 2.14 bits per heavy atom. The molecule has 0 aromatic heterocycles. The second-order valence-electron chi connectivity index (χ2n) is 3.56. The number of benzene rings is 1. The number of hydrogen-bond donors (Lipinski definition) is 1. The molecule has 3 nitrogen and oxygen atoms in total. The summed E-state index contributed by atoms with van der Waals surface area (Å²) < 4.78 is 0. The first-order valence-corrected chi connectivity index (χ1v) is 4.40. The Kier molecular flexibility index (Phi) is 1.78. The van der Waals surface area contributed by atoms with Crippen molar-refractivity contribution in [3.63, 3.8) is 0 Å². The van der Waals surface area contributed by atoms with Crippen molar-refractivity contribution >= 4 is 5.97 Å². The average Bonchev–Trinajstić information content (AvgIpc) is 2.95. The standard InChI is InChI=1S/C11H9NO2/c12-7-11(10(13)14)6-9(11)8-4-2-1-3-5-8/h1-5,9H,6H2,(H,13,14)/t9-,11-/m0/s1. The second kappa shape index (κ2) is 2.85. The van der Waals surface area contributed by atoms with Crippen LogP contribution in [0, 0.1) is 16.7 Å². The van der Waals surface area contributed by atoms with Crippen LogP contribution in [-0.2, 0) is 4.79 Å². The van der Waals surface area contributed by atoms with Crippen LogP contribution in [0.25, 0.3) is 0 Å². The van der Waals surface area contributed by atoms with Gasteiger partial charge in [-0.3, -0.25) is 4.79 Å². The molecule has 1 N–H and O–H groups in total. The van der Waals surface area contributed by atoms with Gasteiger partial charge in [-0.15, -0.1) is 0 Å². The van der Waals surface area contributed by atoms with Crippen LogP contribution in [0.4, 0.5) is 0 Å². The van der Waals surface area contributed by atoms with Crippen LogP contribution in [0.2, 0.25) is 0 Å². The molecule has 0 unspecified atom stereocenters. The number of carbonyl (C=O) groups is 1. The lowest BCUT2D eigenvalue weighted by Gasteiger charge is -2.01. The smallest absolute Gasteiger partial charge is 0.324 e. The Hall–Kier alpha value is -1.82. The molecule has 0 heterocycles. The maximum atomic E-state index is 10.9. The van der Waals surface area contributed by atoms with Gasteiger partial charge in [0.2, 0.25) is 0 Å². The molecule has 1 aliphatic rings. The Morgan fingerprint density at radius 1 is 1.50 bits per heavy atom. The van der Waals surface area contributed by atoms with Crippen LogP contribution in [-0.4, -0.2) is 11.1 Å². The molecule has 1 aromatic carbocycles. The SMILES string of the molecule is N#C[C@@]1(C(=O)O)C[C@H]1c1ccccc1. The van der Waals surface area contributed by atoms with E-state index in [-0.39, 0.29) is 5.92 Å². The van der Waals surface area contributed by atoms with E-state index in [4.69, 9.17) is 10.4 Å². The number of hydrogen-bond acceptors (Lipinski definition) is 2. The molecule has 0 aliphatic heterocycles. The summed E-state index contributed by atoms with van der Waals surface area (Å²) in [6, 6.07) is 11.2. The molecule has 3 heteroatoms. The molecule has 1 saturated carbocycles. The minimum Gasteiger partial charge on any atom is -0.480 e. The third kappa shape index (κ3) is 1.08. The van der Waals surface area contributed by atoms with Gasteiger partial charge in [-0.1, -0.05) is 30.3 Å². The molecule has 0 saturated heterocycles. The molecule has 1 fully saturated rings. The molecule has 0 amide bonds. The van der Waals surface area contributed by atoms with Gasteiger partial charge in [-0.2, -0.15) is 5.26 Å². The lowest BCUT2D eigenvalue weighted by molar-refractivity contribution is -0.141. The Balaban J connectivity index is 2.28. The third-order valence-corrected chi connectivity index (χ3v) is 2.74. The molecule has 0 bridgehead atoms. The van der Waals surface area contributed by atoms with Gasteiger partial charge < -0.3 is 5.11 Å². The van der Waals surface area contributed by atoms with Crippen LogP contribution in [0.3, 0.4) is 0 Å². The van der Waals surface area contributed by atoms with Gasteiger partial charge in [0.1, 0.15) is 0 Å². The van der Waals surface area contributed by atoms with Gasteiger partial charge in [0.15, 0.2) is 5.41 Å². The van der Waals surface area contributed by atoms with Crippen molar-refractivity contribution < 1.29 is 9.90 Å². The summed E-state index contributed by atoms with van der Waals surface area (Å²) in [6.07, 6.45) is 0.433. The quantitative estimate of drug-likeness (QED) is 0.767. The molecule has 0 spiro atoms. The van der Waals surface area contributed by atoms with Crippen molar-refractivity contribution in [3.8, 4) is 6.07 Å². The predicted molar refractivity (Wildman–Crippen MR) is 49.5 cm³/mol. The Bertz CT molecular complexity index is 407. The minimum absolute atomic E-state index is 0.133. The lowest BCUT2D eigenvalue weighted by Crippen LogP contribution is -2.14. The van der Waals surface area contributed by atoms with E-state index in [2.05, 4.69) is 0 Å². The normalized spacial score (nSPS) is 29.2. The van der Waals surface area contributed by atoms with Crippen LogP contribution in [0.1, 0.15) is 17.9 Å². The fourth-order valence-corrected chi connectivity index (χ4v) is 1.76. The van der Waals surface area contributed by atoms with Crippen molar-refractivity contribution in [1.82, 2.24) is 0 Å². The van der Waals surface area contributed by atoms with E-state index in [9.17, 15) is 4.79 Å². The third-order valence-electron chi connectivity index (χ3n) is 2.74. The number of aliphatic carboxylic acids is 1. The number of nitrogens with zero attached hydrogens (tertiary/aromatic N) is 1. The molecule has 1 aliphatic carbocycles. The van der Waals surface area contributed by atoms with E-state index in [0.29, 0.717) is 6.42 Å². The fourth-order valence-electron chi connectivity index (χ4n) is 1.76. The van der Waals surface area contributed by atoms with Crippen LogP contribution >= 0.6 is 0 Å². The molecule has 14 heavy (non-hydrogen) atoms. The molecule has 2 atom stereocenters. The molecular formula is C11H9NO2. The fraction of sp³-hybridized carbons (Fsp3) is 0.273. The van der Waals surface area contributed by atoms with Crippen LogP contribution < -0.4 is 0 Å². The zero-order valence-corrected chi connectivity index (χ0v) is 7.47. The molecule has 0 radical (unpaired) electrons. The summed E-state index contributed by atoms with van der Waals surface area (Å²) in [5.41, 5.74) is -0.224. The first kappa shape index (κ1) is 8.76. The van der Waals surface area contributed by atoms with Crippen molar-refractivity contribution in [2.75, 3.05) is 0 Å². The highest BCUT2D eigenvalue weighted by Gasteiger charge is 2.62. The zero-order chi connectivity index (χ0) is 10.2. The van der Waals surface area contributed by atoms with Crippen LogP contribution in [0.15, 0.2) is 30.3 Å². The maximum Gasteiger partial charge on any atom is 0.324 e. The first-order chi connectivity index (χ1) is 6.70. The summed E-state index contributed by atoms with van der Waals surface area (Å²) in [5.74, 6) is -1.14. The number of nitriles is 1. The second-order valence-corrected chi connectivity index (χ2v) is 3.56. The Morgan fingerprint density at radius 3 is 2.57 bits per heavy atom. The summed E-state index contributed by atoms with van der Waals surface area (Å²) in [6.45, 7) is 0. The predicted octanol–water partition coefficient (Wildman–Crippen LogP) is 1.77. The monoisotopic (exact) mass is 187 g/mol. The summed E-state index contributed by atoms with van der Waals surface area (Å²) in [4.78, 5) is 10.9. The van der Waals surface area contributed by atoms with Gasteiger partial charge in [0.05, 0.1) is 6.07 Å². The van der Waals surface area contributed by atoms with E-state index in [1.165, 1.54) is 0 Å². The lowest BCUT2D eigenvalue weighted by atomic mass is 10.0. The summed E-state index contributed by atoms with van der Waals surface area (Å²) >= 11 is 0. The molecule has 70 valence electrons. The highest BCUT2D eigenvalue weighted by molar-refractivity contribution is 5.84. The molecular weight excluding hydrogens is 178 g/mol. The summed E-state index contributed by atoms with van der Waals surface area (Å²) in [5, 5.41) is 17.7. The van der Waals surface area contributed by atoms with Crippen molar-refractivity contribution in [2.24, 2.45) is 5.41 Å². The van der Waals surface area contributed by atoms with Gasteiger partial charge in [0.25, 0.3) is 0 Å².